The van der Waals surface area contributed by atoms with Gasteiger partial charge in [-0.2, -0.15) is 30.7 Å². The number of ether oxygens (including phenoxy) is 1. The number of anilines is 1. The lowest BCUT2D eigenvalue weighted by atomic mass is 9.90. The Labute approximate surface area is 277 Å². The first-order chi connectivity index (χ1) is 23.2. The number of aliphatic hydroxyl groups excluding tert-OH is 1. The van der Waals surface area contributed by atoms with E-state index in [9.17, 15) is 50.2 Å². The van der Waals surface area contributed by atoms with E-state index in [4.69, 9.17) is 9.84 Å². The zero-order valence-electron chi connectivity index (χ0n) is 25.9. The van der Waals surface area contributed by atoms with Crippen molar-refractivity contribution in [3.63, 3.8) is 0 Å². The Morgan fingerprint density at radius 2 is 1.74 bits per heavy atom. The number of fused-ring (bicyclic) bond motifs is 1. The minimum Gasteiger partial charge on any atom is -0.509 e. The van der Waals surface area contributed by atoms with Crippen LogP contribution in [0.4, 0.5) is 40.8 Å². The number of hydrazine groups is 1. The molecule has 0 radical (unpaired) electrons. The quantitative estimate of drug-likeness (QED) is 0.179. The average Bonchev–Trinajstić information content (AvgIpc) is 3.44. The predicted octanol–water partition coefficient (Wildman–Crippen LogP) is 6.48. The number of hydrogen-bond donors (Lipinski definition) is 3. The number of carboxylic acids is 1. The van der Waals surface area contributed by atoms with E-state index in [0.717, 1.165) is 36.2 Å². The number of alkyl halides is 6. The number of carboxylic acid groups (broad SMARTS) is 1. The maximum atomic E-state index is 15.2. The molecule has 1 fully saturated rings. The summed E-state index contributed by atoms with van der Waals surface area (Å²) in [5.41, 5.74) is -6.32. The van der Waals surface area contributed by atoms with Crippen LogP contribution in [0.15, 0.2) is 60.0 Å². The van der Waals surface area contributed by atoms with Gasteiger partial charge < -0.3 is 20.3 Å². The van der Waals surface area contributed by atoms with E-state index < -0.39 is 99.4 Å². The summed E-state index contributed by atoms with van der Waals surface area (Å²) in [7, 11) is 0. The van der Waals surface area contributed by atoms with Crippen LogP contribution in [-0.4, -0.2) is 61.2 Å². The molecular formula is C32H26F8N4O6. The maximum absolute atomic E-state index is 15.2. The number of aliphatic carboxylic acids is 1. The largest absolute Gasteiger partial charge is 0.509 e. The van der Waals surface area contributed by atoms with E-state index >= 15 is 4.39 Å². The SMILES string of the molecule is CC(Oc1ccc(CN2C(=O)C(C(=O)Nc3ccc(C(F)(F)F)cc3-c3ccc(C(F)(F)F)nc3)=C(O)[C@@]3(C)CCCN23)c(F)c1F)C(=O)O. The van der Waals surface area contributed by atoms with Crippen molar-refractivity contribution >= 4 is 23.5 Å². The van der Waals surface area contributed by atoms with Crippen LogP contribution in [0, 0.1) is 11.6 Å². The summed E-state index contributed by atoms with van der Waals surface area (Å²) in [6.07, 6.45) is -10.1. The number of amides is 2. The molecule has 18 heteroatoms. The van der Waals surface area contributed by atoms with Crippen LogP contribution >= 0.6 is 0 Å². The normalized spacial score (nSPS) is 19.0. The van der Waals surface area contributed by atoms with E-state index in [1.165, 1.54) is 11.9 Å². The molecule has 2 aliphatic heterocycles. The van der Waals surface area contributed by atoms with Gasteiger partial charge in [-0.25, -0.2) is 14.2 Å². The summed E-state index contributed by atoms with van der Waals surface area (Å²) in [5.74, 6) is -8.42. The maximum Gasteiger partial charge on any atom is 0.433 e. The van der Waals surface area contributed by atoms with Gasteiger partial charge in [-0.05, 0) is 57.0 Å². The number of rotatable bonds is 8. The topological polar surface area (TPSA) is 132 Å². The fraction of sp³-hybridized carbons (Fsp3) is 0.312. The van der Waals surface area contributed by atoms with E-state index in [2.05, 4.69) is 10.3 Å². The third kappa shape index (κ3) is 6.66. The molecule has 3 heterocycles. The van der Waals surface area contributed by atoms with Crippen molar-refractivity contribution in [1.82, 2.24) is 15.0 Å². The van der Waals surface area contributed by atoms with Crippen molar-refractivity contribution in [1.29, 1.82) is 0 Å². The first kappa shape index (κ1) is 36.0. The van der Waals surface area contributed by atoms with Gasteiger partial charge in [0.1, 0.15) is 17.0 Å². The zero-order chi connectivity index (χ0) is 36.9. The molecule has 2 aliphatic rings. The van der Waals surface area contributed by atoms with Crippen LogP contribution in [0.25, 0.3) is 11.1 Å². The summed E-state index contributed by atoms with van der Waals surface area (Å²) in [5, 5.41) is 24.8. The Bertz CT molecular complexity index is 1900. The van der Waals surface area contributed by atoms with Crippen molar-refractivity contribution < 1.29 is 64.5 Å². The molecule has 0 aliphatic carbocycles. The molecule has 2 amide bonds. The Kier molecular flexibility index (Phi) is 9.29. The third-order valence-corrected chi connectivity index (χ3v) is 8.38. The van der Waals surface area contributed by atoms with E-state index in [-0.39, 0.29) is 24.2 Å². The molecule has 2 aromatic carbocycles. The highest BCUT2D eigenvalue weighted by molar-refractivity contribution is 6.24. The van der Waals surface area contributed by atoms with E-state index in [1.807, 2.05) is 0 Å². The lowest BCUT2D eigenvalue weighted by Gasteiger charge is -2.46. The summed E-state index contributed by atoms with van der Waals surface area (Å²) in [6.45, 7) is 2.01. The Balaban J connectivity index is 1.51. The second-order valence-corrected chi connectivity index (χ2v) is 11.7. The van der Waals surface area contributed by atoms with Crippen LogP contribution in [0.2, 0.25) is 0 Å². The predicted molar refractivity (Wildman–Crippen MR) is 157 cm³/mol. The minimum absolute atomic E-state index is 0.132. The van der Waals surface area contributed by atoms with Crippen LogP contribution in [0.1, 0.15) is 43.5 Å². The standard InChI is InChI=1S/C32H26F8N4O6/c1-15(29(48)49)50-21-8-4-17(24(33)25(21)34)14-43-28(47)23(26(45)30(2)10-3-11-44(30)43)27(46)42-20-7-6-18(31(35,36)37)12-19(20)16-5-9-22(41-13-16)32(38,39)40/h4-9,12-13,15,45H,3,10-11,14H2,1-2H3,(H,42,46)(H,48,49)/t15?,30-/m1/s1. The van der Waals surface area contributed by atoms with Gasteiger partial charge in [0.25, 0.3) is 11.8 Å². The van der Waals surface area contributed by atoms with Crippen molar-refractivity contribution in [3.8, 4) is 16.9 Å². The lowest BCUT2D eigenvalue weighted by Crippen LogP contribution is -2.60. The summed E-state index contributed by atoms with van der Waals surface area (Å²) in [4.78, 5) is 41.9. The number of nitrogens with one attached hydrogen (secondary N) is 1. The lowest BCUT2D eigenvalue weighted by molar-refractivity contribution is -0.160. The highest BCUT2D eigenvalue weighted by Crippen LogP contribution is 2.43. The number of carbonyl (C=O) groups is 3. The van der Waals surface area contributed by atoms with Crippen molar-refractivity contribution in [2.75, 3.05) is 11.9 Å². The number of halogens is 8. The second kappa shape index (κ2) is 12.9. The molecule has 2 atom stereocenters. The molecule has 0 spiro atoms. The fourth-order valence-corrected chi connectivity index (χ4v) is 5.71. The van der Waals surface area contributed by atoms with Gasteiger partial charge in [0.2, 0.25) is 5.82 Å². The second-order valence-electron chi connectivity index (χ2n) is 11.7. The summed E-state index contributed by atoms with van der Waals surface area (Å²) >= 11 is 0. The molecule has 1 unspecified atom stereocenters. The van der Waals surface area contributed by atoms with Gasteiger partial charge in [-0.15, -0.1) is 0 Å². The van der Waals surface area contributed by atoms with Gasteiger partial charge >= 0.3 is 18.3 Å². The molecule has 10 nitrogen and oxygen atoms in total. The number of pyridine rings is 1. The van der Waals surface area contributed by atoms with E-state index in [1.54, 1.807) is 0 Å². The van der Waals surface area contributed by atoms with Crippen molar-refractivity contribution in [3.05, 3.63) is 88.4 Å². The molecule has 3 aromatic rings. The van der Waals surface area contributed by atoms with Crippen LogP contribution in [0.5, 0.6) is 5.75 Å². The van der Waals surface area contributed by atoms with Gasteiger partial charge in [0, 0.05) is 35.1 Å². The molecule has 0 saturated carbocycles. The molecule has 5 rings (SSSR count). The van der Waals surface area contributed by atoms with Gasteiger partial charge in [-0.1, -0.05) is 12.1 Å². The number of aliphatic hydroxyl groups is 1. The Morgan fingerprint density at radius 3 is 2.34 bits per heavy atom. The number of nitrogens with zero attached hydrogens (tertiary/aromatic N) is 3. The molecular weight excluding hydrogens is 688 g/mol. The highest BCUT2D eigenvalue weighted by atomic mass is 19.4. The third-order valence-electron chi connectivity index (χ3n) is 8.38. The molecule has 1 saturated heterocycles. The summed E-state index contributed by atoms with van der Waals surface area (Å²) < 4.78 is 115. The number of benzene rings is 2. The summed E-state index contributed by atoms with van der Waals surface area (Å²) in [6, 6.07) is 5.32. The molecule has 266 valence electrons. The number of hydrogen-bond acceptors (Lipinski definition) is 7. The van der Waals surface area contributed by atoms with E-state index in [0.29, 0.717) is 30.8 Å². The molecule has 3 N–H and O–H groups in total. The number of aromatic nitrogens is 1. The Hall–Kier alpha value is -5.26. The van der Waals surface area contributed by atoms with Gasteiger partial charge in [-0.3, -0.25) is 19.6 Å². The fourth-order valence-electron chi connectivity index (χ4n) is 5.71. The highest BCUT2D eigenvalue weighted by Gasteiger charge is 2.53. The minimum atomic E-state index is -4.90. The Morgan fingerprint density at radius 1 is 1.04 bits per heavy atom. The van der Waals surface area contributed by atoms with Crippen LogP contribution in [0.3, 0.4) is 0 Å². The zero-order valence-corrected chi connectivity index (χ0v) is 25.9. The molecule has 50 heavy (non-hydrogen) atoms. The number of carbonyl (C=O) groups excluding carboxylic acids is 2. The average molecular weight is 715 g/mol. The van der Waals surface area contributed by atoms with Crippen LogP contribution < -0.4 is 10.1 Å². The van der Waals surface area contributed by atoms with Gasteiger partial charge in [0.05, 0.1) is 17.6 Å². The van der Waals surface area contributed by atoms with Crippen molar-refractivity contribution in [2.24, 2.45) is 0 Å². The molecule has 1 aromatic heterocycles. The first-order valence-corrected chi connectivity index (χ1v) is 14.7. The van der Waals surface area contributed by atoms with Gasteiger partial charge in [0.15, 0.2) is 17.7 Å². The molecule has 0 bridgehead atoms. The van der Waals surface area contributed by atoms with Crippen LogP contribution in [-0.2, 0) is 33.3 Å². The smallest absolute Gasteiger partial charge is 0.433 e. The monoisotopic (exact) mass is 714 g/mol. The first-order valence-electron chi connectivity index (χ1n) is 14.7. The van der Waals surface area contributed by atoms with Crippen molar-refractivity contribution in [2.45, 2.75) is 57.2 Å².